The van der Waals surface area contributed by atoms with Gasteiger partial charge in [-0.1, -0.05) is 32.1 Å². The van der Waals surface area contributed by atoms with Gasteiger partial charge < -0.3 is 20.5 Å². The third kappa shape index (κ3) is 8.79. The number of ether oxygens (including phenoxy) is 1. The molecule has 6 nitrogen and oxygen atoms in total. The molecular weight excluding hydrogens is 296 g/mol. The van der Waals surface area contributed by atoms with Crippen molar-refractivity contribution in [1.82, 2.24) is 10.6 Å². The molecule has 1 unspecified atom stereocenters. The Balaban J connectivity index is 2.45. The highest BCUT2D eigenvalue weighted by Gasteiger charge is 2.25. The van der Waals surface area contributed by atoms with E-state index in [2.05, 4.69) is 10.6 Å². The van der Waals surface area contributed by atoms with E-state index in [1.807, 2.05) is 13.8 Å². The van der Waals surface area contributed by atoms with E-state index in [0.29, 0.717) is 18.9 Å². The molecule has 3 N–H and O–H groups in total. The first-order valence-corrected chi connectivity index (χ1v) is 8.68. The van der Waals surface area contributed by atoms with E-state index in [1.54, 1.807) is 7.05 Å². The lowest BCUT2D eigenvalue weighted by atomic mass is 9.85. The summed E-state index contributed by atoms with van der Waals surface area (Å²) in [4.78, 5) is 23.1. The molecule has 0 heterocycles. The summed E-state index contributed by atoms with van der Waals surface area (Å²) < 4.78 is 5.38. The molecule has 1 amide bonds. The average molecular weight is 328 g/mol. The van der Waals surface area contributed by atoms with Gasteiger partial charge in [0.25, 0.3) is 0 Å². The normalized spacial score (nSPS) is 17.5. The molecule has 0 radical (unpaired) electrons. The molecule has 1 aliphatic rings. The maximum Gasteiger partial charge on any atom is 0.407 e. The Morgan fingerprint density at radius 1 is 1.26 bits per heavy atom. The van der Waals surface area contributed by atoms with Crippen molar-refractivity contribution in [3.63, 3.8) is 0 Å². The maximum atomic E-state index is 12.0. The summed E-state index contributed by atoms with van der Waals surface area (Å²) in [6, 6.07) is -0.368. The number of carboxylic acids is 1. The van der Waals surface area contributed by atoms with E-state index in [0.717, 1.165) is 6.42 Å². The molecule has 0 aliphatic heterocycles. The number of amides is 1. The number of aliphatic carboxylic acids is 1. The van der Waals surface area contributed by atoms with Crippen LogP contribution in [0, 0.1) is 5.92 Å². The van der Waals surface area contributed by atoms with Crippen LogP contribution >= 0.6 is 0 Å². The Hall–Kier alpha value is -1.30. The lowest BCUT2D eigenvalue weighted by Crippen LogP contribution is -2.44. The van der Waals surface area contributed by atoms with Crippen molar-refractivity contribution < 1.29 is 19.4 Å². The number of carboxylic acid groups (broad SMARTS) is 1. The molecule has 1 aliphatic carbocycles. The van der Waals surface area contributed by atoms with Crippen LogP contribution < -0.4 is 10.6 Å². The molecule has 0 spiro atoms. The van der Waals surface area contributed by atoms with Gasteiger partial charge in [0.05, 0.1) is 6.42 Å². The van der Waals surface area contributed by atoms with Gasteiger partial charge in [-0.3, -0.25) is 4.79 Å². The van der Waals surface area contributed by atoms with Crippen LogP contribution in [-0.4, -0.2) is 42.4 Å². The molecule has 0 saturated heterocycles. The topological polar surface area (TPSA) is 87.7 Å². The number of nitrogens with one attached hydrogen (secondary N) is 2. The second-order valence-electron chi connectivity index (χ2n) is 7.20. The fraction of sp³-hybridized carbons (Fsp3) is 0.882. The highest BCUT2D eigenvalue weighted by Crippen LogP contribution is 2.28. The molecule has 1 fully saturated rings. The zero-order chi connectivity index (χ0) is 17.3. The molecular formula is C17H32N2O4. The summed E-state index contributed by atoms with van der Waals surface area (Å²) in [5.41, 5.74) is -0.629. The quantitative estimate of drug-likeness (QED) is 0.606. The SMILES string of the molecule is CNCC(C)(C)OC(=O)NC(CCC1CCCCC1)CC(=O)O. The Kier molecular flexibility index (Phi) is 8.37. The van der Waals surface area contributed by atoms with Crippen LogP contribution in [-0.2, 0) is 9.53 Å². The van der Waals surface area contributed by atoms with E-state index in [4.69, 9.17) is 9.84 Å². The van der Waals surface area contributed by atoms with Gasteiger partial charge in [0.2, 0.25) is 0 Å². The van der Waals surface area contributed by atoms with Crippen LogP contribution in [0.4, 0.5) is 4.79 Å². The van der Waals surface area contributed by atoms with E-state index >= 15 is 0 Å². The van der Waals surface area contributed by atoms with Crippen molar-refractivity contribution in [2.45, 2.75) is 76.9 Å². The summed E-state index contributed by atoms with van der Waals surface area (Å²) in [6.45, 7) is 4.17. The minimum Gasteiger partial charge on any atom is -0.481 e. The van der Waals surface area contributed by atoms with Gasteiger partial charge in [0, 0.05) is 12.6 Å². The summed E-state index contributed by atoms with van der Waals surface area (Å²) in [5.74, 6) is -0.230. The first-order valence-electron chi connectivity index (χ1n) is 8.68. The monoisotopic (exact) mass is 328 g/mol. The minimum absolute atomic E-state index is 0.0612. The predicted octanol–water partition coefficient (Wildman–Crippen LogP) is 2.91. The number of rotatable bonds is 9. The minimum atomic E-state index is -0.895. The molecule has 1 rings (SSSR count). The summed E-state index contributed by atoms with van der Waals surface area (Å²) in [6.07, 6.45) is 7.34. The van der Waals surface area contributed by atoms with E-state index < -0.39 is 17.7 Å². The number of hydrogen-bond acceptors (Lipinski definition) is 4. The van der Waals surface area contributed by atoms with Crippen molar-refractivity contribution in [3.05, 3.63) is 0 Å². The predicted molar refractivity (Wildman–Crippen MR) is 89.5 cm³/mol. The van der Waals surface area contributed by atoms with Crippen LogP contribution in [0.25, 0.3) is 0 Å². The van der Waals surface area contributed by atoms with Gasteiger partial charge in [0.1, 0.15) is 5.60 Å². The molecule has 0 aromatic carbocycles. The highest BCUT2D eigenvalue weighted by atomic mass is 16.6. The first-order chi connectivity index (χ1) is 10.8. The van der Waals surface area contributed by atoms with Crippen molar-refractivity contribution in [2.24, 2.45) is 5.92 Å². The number of hydrogen-bond donors (Lipinski definition) is 3. The van der Waals surface area contributed by atoms with Gasteiger partial charge in [0.15, 0.2) is 0 Å². The van der Waals surface area contributed by atoms with Crippen LogP contribution in [0.1, 0.15) is 65.2 Å². The lowest BCUT2D eigenvalue weighted by molar-refractivity contribution is -0.137. The Morgan fingerprint density at radius 3 is 2.48 bits per heavy atom. The van der Waals surface area contributed by atoms with Crippen molar-refractivity contribution in [3.8, 4) is 0 Å². The summed E-state index contributed by atoms with van der Waals surface area (Å²) in [7, 11) is 1.79. The van der Waals surface area contributed by atoms with Gasteiger partial charge in [-0.15, -0.1) is 0 Å². The fourth-order valence-electron chi connectivity index (χ4n) is 3.26. The van der Waals surface area contributed by atoms with Crippen molar-refractivity contribution in [1.29, 1.82) is 0 Å². The lowest BCUT2D eigenvalue weighted by Gasteiger charge is -2.27. The first kappa shape index (κ1) is 19.7. The van der Waals surface area contributed by atoms with E-state index in [9.17, 15) is 9.59 Å². The summed E-state index contributed by atoms with van der Waals surface area (Å²) in [5, 5.41) is 14.7. The molecule has 134 valence electrons. The van der Waals surface area contributed by atoms with Crippen LogP contribution in [0.3, 0.4) is 0 Å². The molecule has 0 bridgehead atoms. The standard InChI is InChI=1S/C17H32N2O4/c1-17(2,12-18-3)23-16(22)19-14(11-15(20)21)10-9-13-7-5-4-6-8-13/h13-14,18H,4-12H2,1-3H3,(H,19,22)(H,20,21). The van der Waals surface area contributed by atoms with Gasteiger partial charge in [-0.05, 0) is 39.7 Å². The number of carbonyl (C=O) groups excluding carboxylic acids is 1. The third-order valence-electron chi connectivity index (χ3n) is 4.36. The highest BCUT2D eigenvalue weighted by molar-refractivity contribution is 5.71. The Morgan fingerprint density at radius 2 is 1.91 bits per heavy atom. The second kappa shape index (κ2) is 9.75. The van der Waals surface area contributed by atoms with E-state index in [1.165, 1.54) is 32.1 Å². The zero-order valence-electron chi connectivity index (χ0n) is 14.7. The zero-order valence-corrected chi connectivity index (χ0v) is 14.7. The Labute approximate surface area is 139 Å². The number of likely N-dealkylation sites (N-methyl/N-ethyl adjacent to an activating group) is 1. The third-order valence-corrected chi connectivity index (χ3v) is 4.36. The average Bonchev–Trinajstić information content (AvgIpc) is 2.44. The van der Waals surface area contributed by atoms with Crippen LogP contribution in [0.2, 0.25) is 0 Å². The fourth-order valence-corrected chi connectivity index (χ4v) is 3.26. The van der Waals surface area contributed by atoms with Crippen molar-refractivity contribution in [2.75, 3.05) is 13.6 Å². The molecule has 0 aromatic heterocycles. The number of alkyl carbamates (subject to hydrolysis) is 1. The molecule has 6 heteroatoms. The van der Waals surface area contributed by atoms with Crippen LogP contribution in [0.5, 0.6) is 0 Å². The van der Waals surface area contributed by atoms with Crippen molar-refractivity contribution >= 4 is 12.1 Å². The van der Waals surface area contributed by atoms with Gasteiger partial charge in [-0.25, -0.2) is 4.79 Å². The molecule has 1 saturated carbocycles. The Bertz CT molecular complexity index is 379. The number of carbonyl (C=O) groups is 2. The maximum absolute atomic E-state index is 12.0. The smallest absolute Gasteiger partial charge is 0.407 e. The molecule has 1 atom stereocenters. The van der Waals surface area contributed by atoms with Gasteiger partial charge >= 0.3 is 12.1 Å². The largest absolute Gasteiger partial charge is 0.481 e. The van der Waals surface area contributed by atoms with Crippen LogP contribution in [0.15, 0.2) is 0 Å². The molecule has 0 aromatic rings. The van der Waals surface area contributed by atoms with E-state index in [-0.39, 0.29) is 12.5 Å². The summed E-state index contributed by atoms with van der Waals surface area (Å²) >= 11 is 0. The molecule has 23 heavy (non-hydrogen) atoms. The van der Waals surface area contributed by atoms with Gasteiger partial charge in [-0.2, -0.15) is 0 Å². The second-order valence-corrected chi connectivity index (χ2v) is 7.20.